The predicted octanol–water partition coefficient (Wildman–Crippen LogP) is 1.77. The van der Waals surface area contributed by atoms with Crippen LogP contribution in [0.3, 0.4) is 0 Å². The zero-order chi connectivity index (χ0) is 21.0. The van der Waals surface area contributed by atoms with Crippen LogP contribution in [0.25, 0.3) is 0 Å². The SMILES string of the molecule is C[C@H](OC(=O)CCN1C(=O)[C@@H]2CC=CC[C@H]2C1=O)C(=O)Nc1ccc(C#N)cc1. The molecule has 3 amide bonds. The van der Waals surface area contributed by atoms with Gasteiger partial charge in [0.05, 0.1) is 29.9 Å². The molecular weight excluding hydrogens is 374 g/mol. The van der Waals surface area contributed by atoms with Crippen molar-refractivity contribution in [3.63, 3.8) is 0 Å². The van der Waals surface area contributed by atoms with Crippen LogP contribution in [-0.2, 0) is 23.9 Å². The Morgan fingerprint density at radius 3 is 2.31 bits per heavy atom. The lowest BCUT2D eigenvalue weighted by atomic mass is 9.85. The number of hydrogen-bond acceptors (Lipinski definition) is 6. The molecule has 0 bridgehead atoms. The van der Waals surface area contributed by atoms with E-state index in [0.29, 0.717) is 24.1 Å². The summed E-state index contributed by atoms with van der Waals surface area (Å²) in [5, 5.41) is 11.4. The highest BCUT2D eigenvalue weighted by Crippen LogP contribution is 2.35. The quantitative estimate of drug-likeness (QED) is 0.446. The van der Waals surface area contributed by atoms with Crippen molar-refractivity contribution >= 4 is 29.4 Å². The molecule has 3 rings (SSSR count). The standard InChI is InChI=1S/C21H21N3O5/c1-13(19(26)23-15-8-6-14(12-22)7-9-15)29-18(25)10-11-24-20(27)16-4-2-3-5-17(16)21(24)28/h2-3,6-9,13,16-17H,4-5,10-11H2,1H3,(H,23,26)/t13-,16+,17+/m0/s1. The van der Waals surface area contributed by atoms with Crippen molar-refractivity contribution < 1.29 is 23.9 Å². The highest BCUT2D eigenvalue weighted by Gasteiger charge is 2.47. The van der Waals surface area contributed by atoms with Gasteiger partial charge in [0.1, 0.15) is 0 Å². The van der Waals surface area contributed by atoms with Gasteiger partial charge >= 0.3 is 5.97 Å². The third-order valence-electron chi connectivity index (χ3n) is 5.10. The van der Waals surface area contributed by atoms with Crippen molar-refractivity contribution in [2.45, 2.75) is 32.3 Å². The minimum absolute atomic E-state index is 0.0482. The van der Waals surface area contributed by atoms with Crippen LogP contribution in [0.5, 0.6) is 0 Å². The average molecular weight is 395 g/mol. The summed E-state index contributed by atoms with van der Waals surface area (Å²) in [4.78, 5) is 50.1. The van der Waals surface area contributed by atoms with Crippen LogP contribution in [-0.4, -0.2) is 41.2 Å². The second-order valence-corrected chi connectivity index (χ2v) is 7.04. The zero-order valence-corrected chi connectivity index (χ0v) is 16.0. The molecule has 29 heavy (non-hydrogen) atoms. The second-order valence-electron chi connectivity index (χ2n) is 7.04. The van der Waals surface area contributed by atoms with Crippen molar-refractivity contribution in [1.29, 1.82) is 5.26 Å². The van der Waals surface area contributed by atoms with E-state index in [1.807, 2.05) is 18.2 Å². The minimum Gasteiger partial charge on any atom is -0.452 e. The number of allylic oxidation sites excluding steroid dienone is 2. The fraction of sp³-hybridized carbons (Fsp3) is 0.381. The van der Waals surface area contributed by atoms with Gasteiger partial charge in [-0.3, -0.25) is 24.1 Å². The van der Waals surface area contributed by atoms with E-state index in [9.17, 15) is 19.2 Å². The Morgan fingerprint density at radius 2 is 1.76 bits per heavy atom. The molecule has 1 heterocycles. The molecule has 1 saturated heterocycles. The first-order chi connectivity index (χ1) is 13.9. The summed E-state index contributed by atoms with van der Waals surface area (Å²) in [6, 6.07) is 8.24. The molecule has 8 nitrogen and oxygen atoms in total. The fourth-order valence-electron chi connectivity index (χ4n) is 3.47. The van der Waals surface area contributed by atoms with Gasteiger partial charge in [0.15, 0.2) is 6.10 Å². The largest absolute Gasteiger partial charge is 0.452 e. The van der Waals surface area contributed by atoms with Crippen LogP contribution in [0, 0.1) is 23.2 Å². The van der Waals surface area contributed by atoms with E-state index in [0.717, 1.165) is 4.90 Å². The number of likely N-dealkylation sites (tertiary alicyclic amines) is 1. The fourth-order valence-corrected chi connectivity index (χ4v) is 3.47. The summed E-state index contributed by atoms with van der Waals surface area (Å²) in [7, 11) is 0. The average Bonchev–Trinajstić information content (AvgIpc) is 2.97. The maximum Gasteiger partial charge on any atom is 0.308 e. The minimum atomic E-state index is -1.05. The number of anilines is 1. The Bertz CT molecular complexity index is 874. The van der Waals surface area contributed by atoms with Gasteiger partial charge in [-0.2, -0.15) is 5.26 Å². The van der Waals surface area contributed by atoms with E-state index >= 15 is 0 Å². The third kappa shape index (κ3) is 4.51. The Kier molecular flexibility index (Phi) is 6.07. The van der Waals surface area contributed by atoms with Gasteiger partial charge in [-0.05, 0) is 44.0 Å². The van der Waals surface area contributed by atoms with E-state index in [1.165, 1.54) is 6.92 Å². The first-order valence-corrected chi connectivity index (χ1v) is 9.41. The van der Waals surface area contributed by atoms with Crippen LogP contribution < -0.4 is 5.32 Å². The molecule has 0 unspecified atom stereocenters. The molecule has 0 radical (unpaired) electrons. The molecule has 1 aliphatic heterocycles. The van der Waals surface area contributed by atoms with Gasteiger partial charge in [0.2, 0.25) is 11.8 Å². The van der Waals surface area contributed by atoms with Gasteiger partial charge in [-0.1, -0.05) is 12.2 Å². The van der Waals surface area contributed by atoms with Crippen LogP contribution in [0.2, 0.25) is 0 Å². The van der Waals surface area contributed by atoms with Crippen molar-refractivity contribution in [2.24, 2.45) is 11.8 Å². The highest BCUT2D eigenvalue weighted by atomic mass is 16.5. The molecule has 1 N–H and O–H groups in total. The number of imide groups is 1. The number of fused-ring (bicyclic) bond motifs is 1. The van der Waals surface area contributed by atoms with E-state index < -0.39 is 18.0 Å². The normalized spacial score (nSPS) is 21.3. The number of carbonyl (C=O) groups is 4. The molecular formula is C21H21N3O5. The molecule has 2 aliphatic rings. The predicted molar refractivity (Wildman–Crippen MR) is 102 cm³/mol. The van der Waals surface area contributed by atoms with Crippen molar-refractivity contribution in [1.82, 2.24) is 4.90 Å². The number of nitrogens with zero attached hydrogens (tertiary/aromatic N) is 2. The lowest BCUT2D eigenvalue weighted by Gasteiger charge is -2.16. The van der Waals surface area contributed by atoms with Gasteiger partial charge in [0.25, 0.3) is 5.91 Å². The molecule has 0 aromatic heterocycles. The van der Waals surface area contributed by atoms with E-state index in [1.54, 1.807) is 24.3 Å². The molecule has 0 saturated carbocycles. The number of amides is 3. The number of ether oxygens (including phenoxy) is 1. The highest BCUT2D eigenvalue weighted by molar-refractivity contribution is 6.05. The number of rotatable bonds is 6. The van der Waals surface area contributed by atoms with Crippen molar-refractivity contribution in [3.8, 4) is 6.07 Å². The van der Waals surface area contributed by atoms with Gasteiger partial charge in [-0.15, -0.1) is 0 Å². The summed E-state index contributed by atoms with van der Waals surface area (Å²) in [6.45, 7) is 1.39. The number of hydrogen-bond donors (Lipinski definition) is 1. The molecule has 1 aromatic rings. The number of carbonyl (C=O) groups excluding carboxylic acids is 4. The first kappa shape index (κ1) is 20.3. The molecule has 150 valence electrons. The molecule has 1 fully saturated rings. The van der Waals surface area contributed by atoms with Gasteiger partial charge in [0, 0.05) is 12.2 Å². The summed E-state index contributed by atoms with van der Waals surface area (Å²) in [6.07, 6.45) is 3.68. The van der Waals surface area contributed by atoms with Gasteiger partial charge < -0.3 is 10.1 Å². The lowest BCUT2D eigenvalue weighted by molar-refractivity contribution is -0.154. The summed E-state index contributed by atoms with van der Waals surface area (Å²) >= 11 is 0. The maximum absolute atomic E-state index is 12.4. The maximum atomic E-state index is 12.4. The molecule has 0 spiro atoms. The van der Waals surface area contributed by atoms with Gasteiger partial charge in [-0.25, -0.2) is 0 Å². The number of nitrogens with one attached hydrogen (secondary N) is 1. The Morgan fingerprint density at radius 1 is 1.17 bits per heavy atom. The molecule has 8 heteroatoms. The lowest BCUT2D eigenvalue weighted by Crippen LogP contribution is -2.35. The first-order valence-electron chi connectivity index (χ1n) is 9.41. The molecule has 1 aromatic carbocycles. The number of nitriles is 1. The summed E-state index contributed by atoms with van der Waals surface area (Å²) in [5.74, 6) is -2.34. The van der Waals surface area contributed by atoms with Crippen LogP contribution in [0.4, 0.5) is 5.69 Å². The monoisotopic (exact) mass is 395 g/mol. The summed E-state index contributed by atoms with van der Waals surface area (Å²) in [5.41, 5.74) is 0.936. The number of benzene rings is 1. The Balaban J connectivity index is 1.47. The smallest absolute Gasteiger partial charge is 0.308 e. The topological polar surface area (TPSA) is 117 Å². The van der Waals surface area contributed by atoms with Crippen molar-refractivity contribution in [3.05, 3.63) is 42.0 Å². The molecule has 1 aliphatic carbocycles. The Hall–Kier alpha value is -3.47. The van der Waals surface area contributed by atoms with E-state index in [2.05, 4.69) is 5.32 Å². The van der Waals surface area contributed by atoms with Crippen LogP contribution in [0.1, 0.15) is 31.7 Å². The third-order valence-corrected chi connectivity index (χ3v) is 5.10. The summed E-state index contributed by atoms with van der Waals surface area (Å²) < 4.78 is 5.11. The number of esters is 1. The zero-order valence-electron chi connectivity index (χ0n) is 16.0. The van der Waals surface area contributed by atoms with E-state index in [-0.39, 0.29) is 36.6 Å². The Labute approximate surface area is 168 Å². The second kappa shape index (κ2) is 8.69. The van der Waals surface area contributed by atoms with Crippen molar-refractivity contribution in [2.75, 3.05) is 11.9 Å². The van der Waals surface area contributed by atoms with Crippen LogP contribution >= 0.6 is 0 Å². The van der Waals surface area contributed by atoms with E-state index in [4.69, 9.17) is 10.00 Å². The molecule has 3 atom stereocenters. The van der Waals surface area contributed by atoms with Crippen LogP contribution in [0.15, 0.2) is 36.4 Å².